The van der Waals surface area contributed by atoms with Gasteiger partial charge in [0.1, 0.15) is 0 Å². The number of rotatable bonds is 9. The molecule has 0 bridgehead atoms. The maximum Gasteiger partial charge on any atom is 0.0406 e. The highest BCUT2D eigenvalue weighted by molar-refractivity contribution is 6.30. The van der Waals surface area contributed by atoms with E-state index in [0.29, 0.717) is 11.8 Å². The summed E-state index contributed by atoms with van der Waals surface area (Å²) in [7, 11) is 0. The lowest BCUT2D eigenvalue weighted by Crippen LogP contribution is -2.25. The van der Waals surface area contributed by atoms with Gasteiger partial charge in [0.25, 0.3) is 0 Å². The van der Waals surface area contributed by atoms with E-state index in [1.165, 1.54) is 31.2 Å². The number of hydrogen-bond acceptors (Lipinski definition) is 1. The average Bonchev–Trinajstić information content (AvgIpc) is 2.38. The molecule has 1 N–H and O–H groups in total. The Labute approximate surface area is 123 Å². The van der Waals surface area contributed by atoms with Crippen LogP contribution in [0.3, 0.4) is 0 Å². The molecule has 1 nitrogen and oxygen atoms in total. The van der Waals surface area contributed by atoms with E-state index in [9.17, 15) is 0 Å². The Kier molecular flexibility index (Phi) is 8.16. The predicted molar refractivity (Wildman–Crippen MR) is 86.0 cm³/mol. The highest BCUT2D eigenvalue weighted by Crippen LogP contribution is 2.23. The molecule has 0 aliphatic heterocycles. The van der Waals surface area contributed by atoms with Crippen LogP contribution in [-0.4, -0.2) is 13.1 Å². The zero-order chi connectivity index (χ0) is 14.1. The number of unbranched alkanes of at least 4 members (excludes halogenated alkanes) is 2. The zero-order valence-electron chi connectivity index (χ0n) is 12.6. The van der Waals surface area contributed by atoms with Crippen molar-refractivity contribution in [2.75, 3.05) is 13.1 Å². The second-order valence-corrected chi connectivity index (χ2v) is 6.23. The van der Waals surface area contributed by atoms with E-state index in [2.05, 4.69) is 38.2 Å². The van der Waals surface area contributed by atoms with Gasteiger partial charge in [-0.1, -0.05) is 63.8 Å². The summed E-state index contributed by atoms with van der Waals surface area (Å²) < 4.78 is 0. The van der Waals surface area contributed by atoms with Gasteiger partial charge in [0, 0.05) is 11.6 Å². The van der Waals surface area contributed by atoms with Crippen LogP contribution >= 0.6 is 11.6 Å². The largest absolute Gasteiger partial charge is 0.316 e. The predicted octanol–water partition coefficient (Wildman–Crippen LogP) is 5.25. The van der Waals surface area contributed by atoms with Gasteiger partial charge in [-0.3, -0.25) is 0 Å². The third-order valence-corrected chi connectivity index (χ3v) is 3.69. The first-order valence-corrected chi connectivity index (χ1v) is 7.97. The van der Waals surface area contributed by atoms with Gasteiger partial charge in [-0.05, 0) is 42.5 Å². The van der Waals surface area contributed by atoms with Crippen LogP contribution in [0.25, 0.3) is 0 Å². The minimum Gasteiger partial charge on any atom is -0.316 e. The third kappa shape index (κ3) is 6.98. The normalized spacial score (nSPS) is 12.9. The summed E-state index contributed by atoms with van der Waals surface area (Å²) in [5.41, 5.74) is 1.41. The van der Waals surface area contributed by atoms with Gasteiger partial charge in [0.05, 0.1) is 0 Å². The first-order chi connectivity index (χ1) is 9.13. The second-order valence-electron chi connectivity index (χ2n) is 5.80. The zero-order valence-corrected chi connectivity index (χ0v) is 13.3. The first-order valence-electron chi connectivity index (χ1n) is 7.59. The Morgan fingerprint density at radius 1 is 1.05 bits per heavy atom. The van der Waals surface area contributed by atoms with Crippen molar-refractivity contribution in [2.24, 2.45) is 5.92 Å². The van der Waals surface area contributed by atoms with Crippen molar-refractivity contribution in [1.82, 2.24) is 5.32 Å². The van der Waals surface area contributed by atoms with Crippen molar-refractivity contribution >= 4 is 11.6 Å². The smallest absolute Gasteiger partial charge is 0.0406 e. The number of hydrogen-bond donors (Lipinski definition) is 1. The van der Waals surface area contributed by atoms with Gasteiger partial charge in [-0.2, -0.15) is 0 Å². The Balaban J connectivity index is 2.54. The fourth-order valence-electron chi connectivity index (χ4n) is 2.31. The molecule has 0 saturated carbocycles. The fourth-order valence-corrected chi connectivity index (χ4v) is 2.43. The maximum absolute atomic E-state index is 5.97. The van der Waals surface area contributed by atoms with E-state index in [1.807, 2.05) is 12.1 Å². The van der Waals surface area contributed by atoms with Gasteiger partial charge in [-0.15, -0.1) is 0 Å². The Morgan fingerprint density at radius 3 is 2.32 bits per heavy atom. The highest BCUT2D eigenvalue weighted by Gasteiger charge is 2.11. The Morgan fingerprint density at radius 2 is 1.74 bits per heavy atom. The van der Waals surface area contributed by atoms with E-state index in [1.54, 1.807) is 0 Å². The molecule has 2 heteroatoms. The molecule has 108 valence electrons. The molecule has 1 atom stereocenters. The summed E-state index contributed by atoms with van der Waals surface area (Å²) in [5, 5.41) is 4.42. The molecule has 0 aliphatic carbocycles. The number of nitrogens with one attached hydrogen (secondary N) is 1. The van der Waals surface area contributed by atoms with Crippen LogP contribution in [0.1, 0.15) is 57.9 Å². The SMILES string of the molecule is CCCCCC(CNCC(C)C)c1ccc(Cl)cc1. The molecule has 0 heterocycles. The minimum absolute atomic E-state index is 0.613. The molecule has 0 amide bonds. The minimum atomic E-state index is 0.613. The van der Waals surface area contributed by atoms with Gasteiger partial charge in [0.15, 0.2) is 0 Å². The van der Waals surface area contributed by atoms with Gasteiger partial charge >= 0.3 is 0 Å². The van der Waals surface area contributed by atoms with Gasteiger partial charge in [0.2, 0.25) is 0 Å². The lowest BCUT2D eigenvalue weighted by Gasteiger charge is -2.19. The molecule has 0 aromatic heterocycles. The highest BCUT2D eigenvalue weighted by atomic mass is 35.5. The van der Waals surface area contributed by atoms with Crippen molar-refractivity contribution in [3.8, 4) is 0 Å². The quantitative estimate of drug-likeness (QED) is 0.610. The van der Waals surface area contributed by atoms with E-state index < -0.39 is 0 Å². The van der Waals surface area contributed by atoms with E-state index >= 15 is 0 Å². The fraction of sp³-hybridized carbons (Fsp3) is 0.647. The monoisotopic (exact) mass is 281 g/mol. The maximum atomic E-state index is 5.97. The number of benzene rings is 1. The molecule has 0 radical (unpaired) electrons. The van der Waals surface area contributed by atoms with Gasteiger partial charge < -0.3 is 5.32 Å². The van der Waals surface area contributed by atoms with Crippen molar-refractivity contribution in [3.05, 3.63) is 34.9 Å². The molecule has 1 aromatic carbocycles. The van der Waals surface area contributed by atoms with Crippen molar-refractivity contribution in [3.63, 3.8) is 0 Å². The van der Waals surface area contributed by atoms with Crippen LogP contribution in [0.5, 0.6) is 0 Å². The van der Waals surface area contributed by atoms with E-state index in [4.69, 9.17) is 11.6 Å². The third-order valence-electron chi connectivity index (χ3n) is 3.44. The summed E-state index contributed by atoms with van der Waals surface area (Å²) in [6, 6.07) is 8.37. The molecule has 19 heavy (non-hydrogen) atoms. The van der Waals surface area contributed by atoms with E-state index in [0.717, 1.165) is 18.1 Å². The molecule has 1 rings (SSSR count). The summed E-state index contributed by atoms with van der Waals surface area (Å²) in [6.07, 6.45) is 5.19. The second kappa shape index (κ2) is 9.39. The lowest BCUT2D eigenvalue weighted by molar-refractivity contribution is 0.486. The average molecular weight is 282 g/mol. The molecule has 1 aromatic rings. The topological polar surface area (TPSA) is 12.0 Å². The molecule has 0 saturated heterocycles. The molecule has 0 spiro atoms. The molecular weight excluding hydrogens is 254 g/mol. The lowest BCUT2D eigenvalue weighted by atomic mass is 9.93. The van der Waals surface area contributed by atoms with Crippen molar-refractivity contribution < 1.29 is 0 Å². The van der Waals surface area contributed by atoms with Crippen molar-refractivity contribution in [1.29, 1.82) is 0 Å². The van der Waals surface area contributed by atoms with Crippen LogP contribution in [0.15, 0.2) is 24.3 Å². The van der Waals surface area contributed by atoms with Crippen LogP contribution in [-0.2, 0) is 0 Å². The summed E-state index contributed by atoms with van der Waals surface area (Å²) in [6.45, 7) is 8.93. The Bertz CT molecular complexity index is 332. The summed E-state index contributed by atoms with van der Waals surface area (Å²) in [5.74, 6) is 1.32. The molecule has 0 aliphatic rings. The van der Waals surface area contributed by atoms with E-state index in [-0.39, 0.29) is 0 Å². The molecular formula is C17H28ClN. The Hall–Kier alpha value is -0.530. The van der Waals surface area contributed by atoms with Crippen LogP contribution in [0.4, 0.5) is 0 Å². The van der Waals surface area contributed by atoms with Crippen LogP contribution in [0, 0.1) is 5.92 Å². The standard InChI is InChI=1S/C17H28ClN/c1-4-5-6-7-16(13-19-12-14(2)3)15-8-10-17(18)11-9-15/h8-11,14,16,19H,4-7,12-13H2,1-3H3. The number of halogens is 1. The molecule has 0 fully saturated rings. The molecule has 1 unspecified atom stereocenters. The van der Waals surface area contributed by atoms with Crippen LogP contribution < -0.4 is 5.32 Å². The summed E-state index contributed by atoms with van der Waals surface area (Å²) in [4.78, 5) is 0. The first kappa shape index (κ1) is 16.5. The van der Waals surface area contributed by atoms with Gasteiger partial charge in [-0.25, -0.2) is 0 Å². The summed E-state index contributed by atoms with van der Waals surface area (Å²) >= 11 is 5.97. The van der Waals surface area contributed by atoms with Crippen LogP contribution in [0.2, 0.25) is 5.02 Å². The van der Waals surface area contributed by atoms with Crippen molar-refractivity contribution in [2.45, 2.75) is 52.4 Å².